The van der Waals surface area contributed by atoms with E-state index in [1.165, 1.54) is 36.3 Å². The molecular formula is C19H19F2NO4. The second-order valence-corrected chi connectivity index (χ2v) is 5.46. The van der Waals surface area contributed by atoms with Crippen molar-refractivity contribution >= 4 is 11.9 Å². The van der Waals surface area contributed by atoms with Gasteiger partial charge < -0.3 is 14.4 Å². The van der Waals surface area contributed by atoms with Gasteiger partial charge in [0, 0.05) is 19.2 Å². The zero-order chi connectivity index (χ0) is 19.1. The number of rotatable bonds is 7. The fourth-order valence-electron chi connectivity index (χ4n) is 2.32. The lowest BCUT2D eigenvalue weighted by Gasteiger charge is -2.21. The predicted molar refractivity (Wildman–Crippen MR) is 90.7 cm³/mol. The average Bonchev–Trinajstić information content (AvgIpc) is 2.63. The molecule has 2 aromatic carbocycles. The topological polar surface area (TPSA) is 55.8 Å². The normalized spacial score (nSPS) is 10.3. The van der Waals surface area contributed by atoms with Gasteiger partial charge in [0.25, 0.3) is 5.91 Å². The number of nitrogens with zero attached hydrogens (tertiary/aromatic N) is 1. The van der Waals surface area contributed by atoms with Crippen molar-refractivity contribution in [2.75, 3.05) is 20.3 Å². The Morgan fingerprint density at radius 3 is 2.50 bits per heavy atom. The van der Waals surface area contributed by atoms with Gasteiger partial charge in [0.15, 0.2) is 6.61 Å². The number of ether oxygens (including phenoxy) is 2. The van der Waals surface area contributed by atoms with E-state index < -0.39 is 30.1 Å². The van der Waals surface area contributed by atoms with Crippen LogP contribution in [0.1, 0.15) is 22.8 Å². The van der Waals surface area contributed by atoms with Crippen LogP contribution in [0, 0.1) is 11.6 Å². The molecule has 0 saturated carbocycles. The van der Waals surface area contributed by atoms with Gasteiger partial charge in [-0.25, -0.2) is 13.6 Å². The molecule has 26 heavy (non-hydrogen) atoms. The highest BCUT2D eigenvalue weighted by molar-refractivity contribution is 5.91. The molecular weight excluding hydrogens is 344 g/mol. The molecule has 0 aliphatic rings. The summed E-state index contributed by atoms with van der Waals surface area (Å²) in [5, 5.41) is 0. The molecule has 0 spiro atoms. The Labute approximate surface area is 150 Å². The Balaban J connectivity index is 1.96. The van der Waals surface area contributed by atoms with Gasteiger partial charge in [-0.05, 0) is 36.8 Å². The van der Waals surface area contributed by atoms with Gasteiger partial charge in [-0.2, -0.15) is 0 Å². The number of esters is 1. The molecule has 0 N–H and O–H groups in total. The quantitative estimate of drug-likeness (QED) is 0.709. The molecule has 0 bridgehead atoms. The van der Waals surface area contributed by atoms with Crippen molar-refractivity contribution < 1.29 is 27.8 Å². The molecule has 1 amide bonds. The Kier molecular flexibility index (Phi) is 6.66. The maximum absolute atomic E-state index is 13.9. The first-order valence-electron chi connectivity index (χ1n) is 7.97. The van der Waals surface area contributed by atoms with Crippen LogP contribution < -0.4 is 4.74 Å². The number of amides is 1. The molecule has 2 rings (SSSR count). The highest BCUT2D eigenvalue weighted by atomic mass is 19.1. The lowest BCUT2D eigenvalue weighted by atomic mass is 10.2. The molecule has 0 aliphatic carbocycles. The minimum atomic E-state index is -0.944. The van der Waals surface area contributed by atoms with E-state index >= 15 is 0 Å². The monoisotopic (exact) mass is 363 g/mol. The number of methoxy groups -OCH3 is 1. The van der Waals surface area contributed by atoms with Gasteiger partial charge >= 0.3 is 5.97 Å². The standard InChI is InChI=1S/C19H19F2NO4/c1-3-22(11-13-5-4-6-14(20)9-13)18(23)12-26-19(24)16-8-7-15(25-2)10-17(16)21/h4-10H,3,11-12H2,1-2H3. The molecule has 7 heteroatoms. The average molecular weight is 363 g/mol. The van der Waals surface area contributed by atoms with Crippen LogP contribution in [0.2, 0.25) is 0 Å². The van der Waals surface area contributed by atoms with Gasteiger partial charge in [0.05, 0.1) is 12.7 Å². The van der Waals surface area contributed by atoms with Crippen LogP contribution in [0.4, 0.5) is 8.78 Å². The number of hydrogen-bond donors (Lipinski definition) is 0. The molecule has 0 atom stereocenters. The zero-order valence-corrected chi connectivity index (χ0v) is 14.5. The second kappa shape index (κ2) is 8.94. The fourth-order valence-corrected chi connectivity index (χ4v) is 2.32. The molecule has 0 aromatic heterocycles. The minimum absolute atomic E-state index is 0.182. The van der Waals surface area contributed by atoms with Crippen LogP contribution in [0.3, 0.4) is 0 Å². The van der Waals surface area contributed by atoms with E-state index in [0.29, 0.717) is 12.1 Å². The van der Waals surface area contributed by atoms with Crippen molar-refractivity contribution in [2.24, 2.45) is 0 Å². The number of likely N-dealkylation sites (N-methyl/N-ethyl adjacent to an activating group) is 1. The third-order valence-corrected chi connectivity index (χ3v) is 3.72. The molecule has 0 saturated heterocycles. The number of hydrogen-bond acceptors (Lipinski definition) is 4. The molecule has 0 unspecified atom stereocenters. The Bertz CT molecular complexity index is 795. The number of halogens is 2. The number of carbonyl (C=O) groups excluding carboxylic acids is 2. The molecule has 5 nitrogen and oxygen atoms in total. The third-order valence-electron chi connectivity index (χ3n) is 3.72. The van der Waals surface area contributed by atoms with Gasteiger partial charge in [0.2, 0.25) is 0 Å². The van der Waals surface area contributed by atoms with Crippen LogP contribution in [0.5, 0.6) is 5.75 Å². The Hall–Kier alpha value is -2.96. The van der Waals surface area contributed by atoms with E-state index in [1.54, 1.807) is 19.1 Å². The van der Waals surface area contributed by atoms with Crippen LogP contribution in [0.15, 0.2) is 42.5 Å². The summed E-state index contributed by atoms with van der Waals surface area (Å²) in [6.45, 7) is 1.75. The SMILES string of the molecule is CCN(Cc1cccc(F)c1)C(=O)COC(=O)c1ccc(OC)cc1F. The van der Waals surface area contributed by atoms with Gasteiger partial charge in [-0.15, -0.1) is 0 Å². The summed E-state index contributed by atoms with van der Waals surface area (Å²) in [6.07, 6.45) is 0. The van der Waals surface area contributed by atoms with Crippen LogP contribution in [-0.2, 0) is 16.1 Å². The summed E-state index contributed by atoms with van der Waals surface area (Å²) in [4.78, 5) is 25.6. The van der Waals surface area contributed by atoms with Crippen molar-refractivity contribution in [3.8, 4) is 5.75 Å². The molecule has 0 aliphatic heterocycles. The first kappa shape index (κ1) is 19.4. The van der Waals surface area contributed by atoms with E-state index in [2.05, 4.69) is 0 Å². The van der Waals surface area contributed by atoms with Gasteiger partial charge in [-0.1, -0.05) is 12.1 Å². The summed E-state index contributed by atoms with van der Waals surface area (Å²) in [5.74, 6) is -2.33. The first-order chi connectivity index (χ1) is 12.4. The molecule has 138 valence electrons. The molecule has 0 heterocycles. The molecule has 0 radical (unpaired) electrons. The van der Waals surface area contributed by atoms with E-state index in [1.807, 2.05) is 0 Å². The summed E-state index contributed by atoms with van der Waals surface area (Å²) >= 11 is 0. The van der Waals surface area contributed by atoms with Crippen molar-refractivity contribution in [2.45, 2.75) is 13.5 Å². The predicted octanol–water partition coefficient (Wildman–Crippen LogP) is 3.18. The Morgan fingerprint density at radius 2 is 1.88 bits per heavy atom. The highest BCUT2D eigenvalue weighted by Crippen LogP contribution is 2.17. The first-order valence-corrected chi connectivity index (χ1v) is 7.97. The van der Waals surface area contributed by atoms with E-state index in [4.69, 9.17) is 9.47 Å². The number of carbonyl (C=O) groups is 2. The summed E-state index contributed by atoms with van der Waals surface area (Å²) < 4.78 is 36.9. The van der Waals surface area contributed by atoms with E-state index in [-0.39, 0.29) is 17.9 Å². The van der Waals surface area contributed by atoms with E-state index in [9.17, 15) is 18.4 Å². The summed E-state index contributed by atoms with van der Waals surface area (Å²) in [5.41, 5.74) is 0.333. The van der Waals surface area contributed by atoms with Crippen molar-refractivity contribution in [1.29, 1.82) is 0 Å². The zero-order valence-electron chi connectivity index (χ0n) is 14.5. The summed E-state index contributed by atoms with van der Waals surface area (Å²) in [7, 11) is 1.38. The smallest absolute Gasteiger partial charge is 0.341 e. The van der Waals surface area contributed by atoms with Crippen molar-refractivity contribution in [1.82, 2.24) is 4.90 Å². The summed E-state index contributed by atoms with van der Waals surface area (Å²) in [6, 6.07) is 9.59. The Morgan fingerprint density at radius 1 is 1.12 bits per heavy atom. The molecule has 0 fully saturated rings. The van der Waals surface area contributed by atoms with Gasteiger partial charge in [0.1, 0.15) is 17.4 Å². The van der Waals surface area contributed by atoms with E-state index in [0.717, 1.165) is 6.07 Å². The maximum Gasteiger partial charge on any atom is 0.341 e. The second-order valence-electron chi connectivity index (χ2n) is 5.46. The number of benzene rings is 2. The van der Waals surface area contributed by atoms with Crippen LogP contribution in [0.25, 0.3) is 0 Å². The minimum Gasteiger partial charge on any atom is -0.497 e. The maximum atomic E-state index is 13.9. The lowest BCUT2D eigenvalue weighted by molar-refractivity contribution is -0.135. The lowest BCUT2D eigenvalue weighted by Crippen LogP contribution is -2.34. The fraction of sp³-hybridized carbons (Fsp3) is 0.263. The highest BCUT2D eigenvalue weighted by Gasteiger charge is 2.18. The van der Waals surface area contributed by atoms with Crippen LogP contribution in [-0.4, -0.2) is 37.0 Å². The third kappa shape index (κ3) is 5.02. The van der Waals surface area contributed by atoms with Crippen molar-refractivity contribution in [3.63, 3.8) is 0 Å². The molecule has 2 aromatic rings. The van der Waals surface area contributed by atoms with Gasteiger partial charge in [-0.3, -0.25) is 4.79 Å². The van der Waals surface area contributed by atoms with Crippen molar-refractivity contribution in [3.05, 3.63) is 65.2 Å². The van der Waals surface area contributed by atoms with Crippen LogP contribution >= 0.6 is 0 Å². The largest absolute Gasteiger partial charge is 0.497 e.